The number of benzene rings is 2. The minimum absolute atomic E-state index is 0.248. The monoisotopic (exact) mass is 581 g/mol. The third kappa shape index (κ3) is 4.82. The van der Waals surface area contributed by atoms with Crippen LogP contribution in [0.4, 0.5) is 23.0 Å². The van der Waals surface area contributed by atoms with Gasteiger partial charge in [-0.2, -0.15) is 5.10 Å². The van der Waals surface area contributed by atoms with Crippen LogP contribution in [0.3, 0.4) is 0 Å². The van der Waals surface area contributed by atoms with Crippen molar-refractivity contribution in [1.82, 2.24) is 29.6 Å². The predicted octanol–water partition coefficient (Wildman–Crippen LogP) is 4.34. The van der Waals surface area contributed by atoms with Crippen molar-refractivity contribution in [3.05, 3.63) is 64.9 Å². The molecular formula is C30H31N9O2S. The van der Waals surface area contributed by atoms with Crippen LogP contribution < -0.4 is 20.3 Å². The summed E-state index contributed by atoms with van der Waals surface area (Å²) in [7, 11) is 5.67. The van der Waals surface area contributed by atoms with Crippen LogP contribution >= 0.6 is 11.3 Å². The summed E-state index contributed by atoms with van der Waals surface area (Å²) in [6.07, 6.45) is 3.26. The molecule has 2 aliphatic rings. The Hall–Kier alpha value is -4.55. The molecule has 0 spiro atoms. The number of nitrogens with one attached hydrogen (secondary N) is 2. The van der Waals surface area contributed by atoms with E-state index >= 15 is 0 Å². The molecule has 0 bridgehead atoms. The van der Waals surface area contributed by atoms with E-state index < -0.39 is 0 Å². The van der Waals surface area contributed by atoms with Crippen molar-refractivity contribution in [2.75, 3.05) is 55.9 Å². The molecule has 0 saturated carbocycles. The van der Waals surface area contributed by atoms with Crippen LogP contribution in [0.5, 0.6) is 5.75 Å². The third-order valence-corrected chi connectivity index (χ3v) is 8.79. The fraction of sp³-hybridized carbons (Fsp3) is 0.300. The van der Waals surface area contributed by atoms with Crippen molar-refractivity contribution >= 4 is 50.5 Å². The van der Waals surface area contributed by atoms with Crippen molar-refractivity contribution in [3.8, 4) is 17.1 Å². The van der Waals surface area contributed by atoms with Crippen molar-refractivity contribution < 1.29 is 9.53 Å². The molecule has 42 heavy (non-hydrogen) atoms. The summed E-state index contributed by atoms with van der Waals surface area (Å²) in [4.78, 5) is 31.9. The fourth-order valence-corrected chi connectivity index (χ4v) is 6.35. The molecule has 2 N–H and O–H groups in total. The molecule has 1 aliphatic carbocycles. The highest BCUT2D eigenvalue weighted by Crippen LogP contribution is 2.36. The first-order valence-electron chi connectivity index (χ1n) is 13.9. The average molecular weight is 582 g/mol. The lowest BCUT2D eigenvalue weighted by molar-refractivity contribution is 0.102. The van der Waals surface area contributed by atoms with Gasteiger partial charge in [-0.3, -0.25) is 9.48 Å². The number of hydrogen-bond acceptors (Lipinski definition) is 10. The molecule has 2 aromatic carbocycles. The molecule has 3 aromatic heterocycles. The van der Waals surface area contributed by atoms with Crippen molar-refractivity contribution in [2.45, 2.75) is 12.8 Å². The number of likely N-dealkylation sites (N-methyl/N-ethyl adjacent to an activating group) is 1. The molecule has 214 valence electrons. The molecule has 0 radical (unpaired) electrons. The molecule has 1 saturated heterocycles. The minimum Gasteiger partial charge on any atom is -0.494 e. The second-order valence-electron chi connectivity index (χ2n) is 10.7. The van der Waals surface area contributed by atoms with Gasteiger partial charge in [0.1, 0.15) is 5.75 Å². The number of methoxy groups -OCH3 is 1. The first-order chi connectivity index (χ1) is 20.5. The maximum absolute atomic E-state index is 13.4. The number of anilines is 4. The van der Waals surface area contributed by atoms with E-state index in [4.69, 9.17) is 9.72 Å². The first-order valence-corrected chi connectivity index (χ1v) is 14.8. The zero-order valence-electron chi connectivity index (χ0n) is 23.7. The SMILES string of the molecule is COc1cc(N2CCN(C)CC2)ccc1Nc1ncc2c(n1)-c1c(c(C(=O)Nc3ccc4scnc4c3)nn1C)CC2. The summed E-state index contributed by atoms with van der Waals surface area (Å²) in [6.45, 7) is 4.03. The number of carbonyl (C=O) groups excluding carboxylic acids is 1. The number of ether oxygens (including phenoxy) is 1. The van der Waals surface area contributed by atoms with Crippen LogP contribution in [0, 0.1) is 0 Å². The molecule has 11 nitrogen and oxygen atoms in total. The average Bonchev–Trinajstić information content (AvgIpc) is 3.61. The lowest BCUT2D eigenvalue weighted by Crippen LogP contribution is -2.44. The molecule has 1 fully saturated rings. The van der Waals surface area contributed by atoms with Gasteiger partial charge in [-0.1, -0.05) is 0 Å². The number of aryl methyl sites for hydroxylation is 2. The minimum atomic E-state index is -0.248. The van der Waals surface area contributed by atoms with Gasteiger partial charge in [-0.05, 0) is 55.8 Å². The Morgan fingerprint density at radius 3 is 2.71 bits per heavy atom. The largest absolute Gasteiger partial charge is 0.494 e. The van der Waals surface area contributed by atoms with E-state index in [1.54, 1.807) is 28.6 Å². The summed E-state index contributed by atoms with van der Waals surface area (Å²) in [5, 5.41) is 11.0. The van der Waals surface area contributed by atoms with Crippen LogP contribution in [0.25, 0.3) is 21.6 Å². The molecule has 7 rings (SSSR count). The predicted molar refractivity (Wildman–Crippen MR) is 165 cm³/mol. The van der Waals surface area contributed by atoms with Crippen LogP contribution in [-0.2, 0) is 19.9 Å². The normalized spacial score (nSPS) is 14.9. The van der Waals surface area contributed by atoms with Gasteiger partial charge in [0.25, 0.3) is 5.91 Å². The van der Waals surface area contributed by atoms with Crippen LogP contribution in [0.2, 0.25) is 0 Å². The summed E-state index contributed by atoms with van der Waals surface area (Å²) < 4.78 is 8.56. The van der Waals surface area contributed by atoms with E-state index in [1.807, 2.05) is 37.5 Å². The molecule has 0 unspecified atom stereocenters. The van der Waals surface area contributed by atoms with Gasteiger partial charge >= 0.3 is 0 Å². The molecule has 12 heteroatoms. The number of aromatic nitrogens is 5. The fourth-order valence-electron chi connectivity index (χ4n) is 5.69. The van der Waals surface area contributed by atoms with E-state index in [1.165, 1.54) is 0 Å². The standard InChI is InChI=1S/C30H31N9O2S/c1-37-10-12-39(13-11-37)20-6-8-22(24(15-20)41-3)34-30-31-16-18-4-7-21-27(36-38(2)28(21)26(18)35-30)29(40)33-19-5-9-25-23(14-19)32-17-42-25/h5-6,8-9,14-17H,4,7,10-13H2,1-3H3,(H,33,40)(H,31,34,35). The highest BCUT2D eigenvalue weighted by atomic mass is 32.1. The summed E-state index contributed by atoms with van der Waals surface area (Å²) in [5.74, 6) is 0.933. The number of carbonyl (C=O) groups is 1. The highest BCUT2D eigenvalue weighted by Gasteiger charge is 2.29. The van der Waals surface area contributed by atoms with Crippen LogP contribution in [0.1, 0.15) is 21.6 Å². The quantitative estimate of drug-likeness (QED) is 0.302. The second kappa shape index (κ2) is 10.7. The van der Waals surface area contributed by atoms with Crippen LogP contribution in [-0.4, -0.2) is 75.9 Å². The molecule has 1 amide bonds. The molecular weight excluding hydrogens is 550 g/mol. The molecule has 4 heterocycles. The Morgan fingerprint density at radius 1 is 1.02 bits per heavy atom. The van der Waals surface area contributed by atoms with Gasteiger partial charge in [-0.15, -0.1) is 11.3 Å². The zero-order valence-corrected chi connectivity index (χ0v) is 24.5. The smallest absolute Gasteiger partial charge is 0.276 e. The first kappa shape index (κ1) is 26.4. The molecule has 5 aromatic rings. The second-order valence-corrected chi connectivity index (χ2v) is 11.5. The number of nitrogens with zero attached hydrogens (tertiary/aromatic N) is 7. The van der Waals surface area contributed by atoms with Crippen molar-refractivity contribution in [1.29, 1.82) is 0 Å². The number of thiazole rings is 1. The van der Waals surface area contributed by atoms with Crippen molar-refractivity contribution in [3.63, 3.8) is 0 Å². The summed E-state index contributed by atoms with van der Waals surface area (Å²) in [5.41, 5.74) is 9.19. The maximum atomic E-state index is 13.4. The Bertz CT molecular complexity index is 1810. The van der Waals surface area contributed by atoms with E-state index in [-0.39, 0.29) is 5.91 Å². The number of amides is 1. The maximum Gasteiger partial charge on any atom is 0.276 e. The van der Waals surface area contributed by atoms with Gasteiger partial charge < -0.3 is 25.2 Å². The van der Waals surface area contributed by atoms with E-state index in [0.29, 0.717) is 23.8 Å². The summed E-state index contributed by atoms with van der Waals surface area (Å²) >= 11 is 1.57. The third-order valence-electron chi connectivity index (χ3n) is 7.98. The molecule has 1 aliphatic heterocycles. The lowest BCUT2D eigenvalue weighted by Gasteiger charge is -2.34. The van der Waals surface area contributed by atoms with Crippen molar-refractivity contribution in [2.24, 2.45) is 7.05 Å². The lowest BCUT2D eigenvalue weighted by atomic mass is 9.93. The topological polar surface area (TPSA) is 113 Å². The number of piperazine rings is 1. The van der Waals surface area contributed by atoms with Crippen LogP contribution in [0.15, 0.2) is 48.1 Å². The summed E-state index contributed by atoms with van der Waals surface area (Å²) in [6, 6.07) is 11.9. The number of hydrogen-bond donors (Lipinski definition) is 2. The Balaban J connectivity index is 1.14. The zero-order chi connectivity index (χ0) is 28.8. The van der Waals surface area contributed by atoms with Gasteiger partial charge in [0.05, 0.1) is 39.9 Å². The molecule has 0 atom stereocenters. The van der Waals surface area contributed by atoms with E-state index in [0.717, 1.165) is 82.5 Å². The van der Waals surface area contributed by atoms with Gasteiger partial charge in [-0.25, -0.2) is 15.0 Å². The number of fused-ring (bicyclic) bond motifs is 4. The van der Waals surface area contributed by atoms with E-state index in [9.17, 15) is 4.79 Å². The number of rotatable bonds is 6. The Labute approximate surface area is 247 Å². The van der Waals surface area contributed by atoms with Gasteiger partial charge in [0.15, 0.2) is 5.69 Å². The Kier molecular flexibility index (Phi) is 6.71. The van der Waals surface area contributed by atoms with Gasteiger partial charge in [0, 0.05) is 62.4 Å². The highest BCUT2D eigenvalue weighted by molar-refractivity contribution is 7.16. The van der Waals surface area contributed by atoms with E-state index in [2.05, 4.69) is 54.7 Å². The van der Waals surface area contributed by atoms with Gasteiger partial charge in [0.2, 0.25) is 5.95 Å². The Morgan fingerprint density at radius 2 is 1.88 bits per heavy atom.